The number of aromatic nitrogens is 2. The van der Waals surface area contributed by atoms with Crippen molar-refractivity contribution in [3.63, 3.8) is 0 Å². The molecule has 0 aliphatic carbocycles. The molecule has 0 spiro atoms. The molecule has 5 nitrogen and oxygen atoms in total. The molecule has 0 atom stereocenters. The number of hydrogen-bond donors (Lipinski definition) is 0. The molecule has 0 N–H and O–H groups in total. The molecule has 0 radical (unpaired) electrons. The lowest BCUT2D eigenvalue weighted by Crippen LogP contribution is -2.32. The van der Waals surface area contributed by atoms with Crippen LogP contribution < -0.4 is 0 Å². The number of hydrogen-bond acceptors (Lipinski definition) is 4. The average molecular weight is 225 g/mol. The minimum atomic E-state index is -0.193. The highest BCUT2D eigenvalue weighted by molar-refractivity contribution is 5.71. The molecule has 0 aliphatic heterocycles. The van der Waals surface area contributed by atoms with Crippen molar-refractivity contribution >= 4 is 5.97 Å². The molecule has 90 valence electrons. The minimum absolute atomic E-state index is 0.193. The second kappa shape index (κ2) is 6.27. The van der Waals surface area contributed by atoms with E-state index < -0.39 is 0 Å². The van der Waals surface area contributed by atoms with Gasteiger partial charge in [0.15, 0.2) is 0 Å². The third kappa shape index (κ3) is 3.66. The average Bonchev–Trinajstić information content (AvgIpc) is 2.69. The molecule has 0 saturated heterocycles. The van der Waals surface area contributed by atoms with Crippen LogP contribution in [0.25, 0.3) is 0 Å². The molecule has 1 heterocycles. The van der Waals surface area contributed by atoms with E-state index in [1.807, 2.05) is 29.6 Å². The summed E-state index contributed by atoms with van der Waals surface area (Å²) in [5, 5.41) is 0. The Bertz CT molecular complexity index is 336. The number of carbonyl (C=O) groups excluding carboxylic acids is 1. The first-order chi connectivity index (χ1) is 7.67. The molecule has 0 aromatic carbocycles. The van der Waals surface area contributed by atoms with Crippen LogP contribution in [0.5, 0.6) is 0 Å². The molecule has 1 aromatic rings. The van der Waals surface area contributed by atoms with Gasteiger partial charge in [0, 0.05) is 32.4 Å². The predicted molar refractivity (Wildman–Crippen MR) is 61.0 cm³/mol. The zero-order chi connectivity index (χ0) is 12.0. The summed E-state index contributed by atoms with van der Waals surface area (Å²) in [4.78, 5) is 17.4. The smallest absolute Gasteiger partial charge is 0.319 e. The fraction of sp³-hybridized carbons (Fsp3) is 0.636. The monoisotopic (exact) mass is 225 g/mol. The van der Waals surface area contributed by atoms with Crippen molar-refractivity contribution in [1.82, 2.24) is 14.5 Å². The van der Waals surface area contributed by atoms with Gasteiger partial charge < -0.3 is 9.30 Å². The van der Waals surface area contributed by atoms with E-state index >= 15 is 0 Å². The van der Waals surface area contributed by atoms with Crippen LogP contribution in [-0.2, 0) is 23.0 Å². The summed E-state index contributed by atoms with van der Waals surface area (Å²) in [5.74, 6) is 0.838. The second-order valence-corrected chi connectivity index (χ2v) is 3.65. The molecule has 5 heteroatoms. The van der Waals surface area contributed by atoms with Gasteiger partial charge in [-0.1, -0.05) is 6.92 Å². The zero-order valence-corrected chi connectivity index (χ0v) is 10.1. The van der Waals surface area contributed by atoms with Crippen LogP contribution in [-0.4, -0.2) is 47.2 Å². The topological polar surface area (TPSA) is 47.4 Å². The lowest BCUT2D eigenvalue weighted by Gasteiger charge is -2.18. The number of likely N-dealkylation sites (N-methyl/N-ethyl adjacent to an activating group) is 1. The van der Waals surface area contributed by atoms with Crippen molar-refractivity contribution in [2.24, 2.45) is 7.05 Å². The van der Waals surface area contributed by atoms with Crippen LogP contribution in [0.4, 0.5) is 0 Å². The standard InChI is InChI=1S/C11H19N3O2/c1-4-14(9-11(15)16-3)7-5-10-12-6-8-13(10)2/h6,8H,4-5,7,9H2,1-3H3. The lowest BCUT2D eigenvalue weighted by molar-refractivity contribution is -0.141. The number of esters is 1. The van der Waals surface area contributed by atoms with Gasteiger partial charge in [-0.2, -0.15) is 0 Å². The second-order valence-electron chi connectivity index (χ2n) is 3.65. The number of methoxy groups -OCH3 is 1. The molecule has 0 saturated carbocycles. The highest BCUT2D eigenvalue weighted by Gasteiger charge is 2.09. The van der Waals surface area contributed by atoms with Crippen LogP contribution in [0.2, 0.25) is 0 Å². The molecule has 0 fully saturated rings. The Balaban J connectivity index is 2.40. The molecular formula is C11H19N3O2. The molecule has 1 aromatic heterocycles. The Morgan fingerprint density at radius 2 is 2.38 bits per heavy atom. The predicted octanol–water partition coefficient (Wildman–Crippen LogP) is 0.458. The highest BCUT2D eigenvalue weighted by Crippen LogP contribution is 1.98. The summed E-state index contributed by atoms with van der Waals surface area (Å²) in [5.41, 5.74) is 0. The van der Waals surface area contributed by atoms with E-state index in [0.29, 0.717) is 6.54 Å². The number of imidazole rings is 1. The van der Waals surface area contributed by atoms with E-state index in [2.05, 4.69) is 9.72 Å². The number of carbonyl (C=O) groups is 1. The molecule has 0 unspecified atom stereocenters. The van der Waals surface area contributed by atoms with Crippen LogP contribution >= 0.6 is 0 Å². The van der Waals surface area contributed by atoms with Gasteiger partial charge in [0.1, 0.15) is 5.82 Å². The third-order valence-corrected chi connectivity index (χ3v) is 2.60. The Morgan fingerprint density at radius 1 is 1.62 bits per heavy atom. The number of ether oxygens (including phenoxy) is 1. The molecule has 0 aliphatic rings. The Labute approximate surface area is 96.0 Å². The maximum atomic E-state index is 11.1. The van der Waals surface area contributed by atoms with Gasteiger partial charge >= 0.3 is 5.97 Å². The summed E-state index contributed by atoms with van der Waals surface area (Å²) in [7, 11) is 3.38. The quantitative estimate of drug-likeness (QED) is 0.660. The largest absolute Gasteiger partial charge is 0.468 e. The van der Waals surface area contributed by atoms with Crippen molar-refractivity contribution in [3.05, 3.63) is 18.2 Å². The Kier molecular flexibility index (Phi) is 4.98. The van der Waals surface area contributed by atoms with E-state index in [1.165, 1.54) is 7.11 Å². The van der Waals surface area contributed by atoms with Gasteiger partial charge in [0.05, 0.1) is 13.7 Å². The van der Waals surface area contributed by atoms with E-state index in [0.717, 1.165) is 25.3 Å². The normalized spacial score (nSPS) is 10.8. The summed E-state index contributed by atoms with van der Waals surface area (Å²) in [6.45, 7) is 4.02. The summed E-state index contributed by atoms with van der Waals surface area (Å²) in [6.07, 6.45) is 4.55. The lowest BCUT2D eigenvalue weighted by atomic mass is 10.3. The number of nitrogens with zero attached hydrogens (tertiary/aromatic N) is 3. The van der Waals surface area contributed by atoms with Crippen molar-refractivity contribution in [1.29, 1.82) is 0 Å². The van der Waals surface area contributed by atoms with Crippen molar-refractivity contribution < 1.29 is 9.53 Å². The van der Waals surface area contributed by atoms with Crippen LogP contribution in [0.3, 0.4) is 0 Å². The zero-order valence-electron chi connectivity index (χ0n) is 10.1. The summed E-state index contributed by atoms with van der Waals surface area (Å²) in [6, 6.07) is 0. The first-order valence-corrected chi connectivity index (χ1v) is 5.42. The van der Waals surface area contributed by atoms with Crippen LogP contribution in [0, 0.1) is 0 Å². The van der Waals surface area contributed by atoms with Crippen LogP contribution in [0.1, 0.15) is 12.7 Å². The fourth-order valence-electron chi connectivity index (χ4n) is 1.49. The molecule has 0 bridgehead atoms. The molecule has 1 rings (SSSR count). The first-order valence-electron chi connectivity index (χ1n) is 5.42. The molecular weight excluding hydrogens is 206 g/mol. The SMILES string of the molecule is CCN(CCc1nccn1C)CC(=O)OC. The van der Waals surface area contributed by atoms with Crippen molar-refractivity contribution in [2.45, 2.75) is 13.3 Å². The van der Waals surface area contributed by atoms with Gasteiger partial charge in [-0.3, -0.25) is 9.69 Å². The summed E-state index contributed by atoms with van der Waals surface area (Å²) >= 11 is 0. The van der Waals surface area contributed by atoms with E-state index in [9.17, 15) is 4.79 Å². The van der Waals surface area contributed by atoms with Crippen LogP contribution in [0.15, 0.2) is 12.4 Å². The number of aryl methyl sites for hydroxylation is 1. The Morgan fingerprint density at radius 3 is 2.88 bits per heavy atom. The fourth-order valence-corrected chi connectivity index (χ4v) is 1.49. The van der Waals surface area contributed by atoms with E-state index in [1.54, 1.807) is 6.20 Å². The van der Waals surface area contributed by atoms with Gasteiger partial charge in [-0.15, -0.1) is 0 Å². The minimum Gasteiger partial charge on any atom is -0.468 e. The van der Waals surface area contributed by atoms with Crippen molar-refractivity contribution in [3.8, 4) is 0 Å². The van der Waals surface area contributed by atoms with Gasteiger partial charge in [-0.05, 0) is 6.54 Å². The van der Waals surface area contributed by atoms with Gasteiger partial charge in [-0.25, -0.2) is 4.98 Å². The number of rotatable bonds is 6. The van der Waals surface area contributed by atoms with Gasteiger partial charge in [0.2, 0.25) is 0 Å². The first kappa shape index (κ1) is 12.7. The maximum absolute atomic E-state index is 11.1. The van der Waals surface area contributed by atoms with Gasteiger partial charge in [0.25, 0.3) is 0 Å². The third-order valence-electron chi connectivity index (χ3n) is 2.60. The maximum Gasteiger partial charge on any atom is 0.319 e. The summed E-state index contributed by atoms with van der Waals surface area (Å²) < 4.78 is 6.63. The van der Waals surface area contributed by atoms with Crippen molar-refractivity contribution in [2.75, 3.05) is 26.7 Å². The Hall–Kier alpha value is -1.36. The molecule has 0 amide bonds. The van der Waals surface area contributed by atoms with E-state index in [-0.39, 0.29) is 5.97 Å². The highest BCUT2D eigenvalue weighted by atomic mass is 16.5. The van der Waals surface area contributed by atoms with E-state index in [4.69, 9.17) is 0 Å². The molecule has 16 heavy (non-hydrogen) atoms.